The normalized spacial score (nSPS) is 14.5. The van der Waals surface area contributed by atoms with Crippen molar-refractivity contribution in [1.29, 1.82) is 0 Å². The summed E-state index contributed by atoms with van der Waals surface area (Å²) in [4.78, 5) is 21.4. The predicted octanol–water partition coefficient (Wildman–Crippen LogP) is 2.99. The molecule has 1 aromatic carbocycles. The fourth-order valence-electron chi connectivity index (χ4n) is 2.30. The number of benzene rings is 1. The predicted molar refractivity (Wildman–Crippen MR) is 96.2 cm³/mol. The van der Waals surface area contributed by atoms with Gasteiger partial charge in [-0.25, -0.2) is 9.59 Å². The van der Waals surface area contributed by atoms with Gasteiger partial charge in [0.2, 0.25) is 0 Å². The van der Waals surface area contributed by atoms with Crippen molar-refractivity contribution < 1.29 is 24.5 Å². The van der Waals surface area contributed by atoms with Gasteiger partial charge >= 0.3 is 11.9 Å². The Kier molecular flexibility index (Phi) is 8.74. The van der Waals surface area contributed by atoms with Gasteiger partial charge in [-0.3, -0.25) is 0 Å². The number of halogens is 1. The summed E-state index contributed by atoms with van der Waals surface area (Å²) < 4.78 is 5.64. The first-order valence-corrected chi connectivity index (χ1v) is 8.13. The number of hydrogen-bond donors (Lipinski definition) is 2. The summed E-state index contributed by atoms with van der Waals surface area (Å²) in [6, 6.07) is 3.90. The van der Waals surface area contributed by atoms with E-state index >= 15 is 0 Å². The van der Waals surface area contributed by atoms with Gasteiger partial charge in [-0.2, -0.15) is 0 Å². The smallest absolute Gasteiger partial charge is 0.328 e. The average molecular weight is 368 g/mol. The van der Waals surface area contributed by atoms with E-state index in [1.54, 1.807) is 6.26 Å². The van der Waals surface area contributed by atoms with Crippen LogP contribution in [-0.2, 0) is 22.4 Å². The number of hydrogen-bond acceptors (Lipinski definition) is 4. The lowest BCUT2D eigenvalue weighted by molar-refractivity contribution is -0.134. The molecule has 0 amide bonds. The molecule has 136 valence electrons. The highest BCUT2D eigenvalue weighted by Gasteiger charge is 2.17. The molecule has 1 heterocycles. The highest BCUT2D eigenvalue weighted by Crippen LogP contribution is 2.31. The maximum atomic E-state index is 9.55. The Labute approximate surface area is 152 Å². The number of allylic oxidation sites excluding steroid dienone is 1. The van der Waals surface area contributed by atoms with Crippen molar-refractivity contribution >= 4 is 23.5 Å². The van der Waals surface area contributed by atoms with E-state index in [9.17, 15) is 9.59 Å². The van der Waals surface area contributed by atoms with Crippen LogP contribution in [0.4, 0.5) is 0 Å². The zero-order chi connectivity index (χ0) is 18.8. The summed E-state index contributed by atoms with van der Waals surface area (Å²) in [5.41, 5.74) is 2.51. The molecule has 6 nitrogen and oxygen atoms in total. The molecule has 0 saturated carbocycles. The van der Waals surface area contributed by atoms with E-state index < -0.39 is 11.9 Å². The monoisotopic (exact) mass is 367 g/mol. The molecule has 0 aliphatic carbocycles. The van der Waals surface area contributed by atoms with E-state index in [0.29, 0.717) is 12.2 Å². The van der Waals surface area contributed by atoms with Crippen molar-refractivity contribution in [2.24, 2.45) is 0 Å². The average Bonchev–Trinajstić information content (AvgIpc) is 2.76. The van der Waals surface area contributed by atoms with E-state index in [1.165, 1.54) is 11.1 Å². The topological polar surface area (TPSA) is 87.1 Å². The van der Waals surface area contributed by atoms with Crippen molar-refractivity contribution in [3.63, 3.8) is 0 Å². The van der Waals surface area contributed by atoms with E-state index in [1.807, 2.05) is 25.1 Å². The Morgan fingerprint density at radius 2 is 1.68 bits per heavy atom. The van der Waals surface area contributed by atoms with E-state index in [0.717, 1.165) is 36.7 Å². The molecule has 0 atom stereocenters. The molecule has 1 aliphatic heterocycles. The van der Waals surface area contributed by atoms with Crippen LogP contribution in [0.5, 0.6) is 5.75 Å². The Morgan fingerprint density at radius 3 is 2.20 bits per heavy atom. The molecule has 1 aliphatic rings. The number of rotatable bonds is 4. The van der Waals surface area contributed by atoms with Crippen LogP contribution in [0.1, 0.15) is 18.1 Å². The summed E-state index contributed by atoms with van der Waals surface area (Å²) in [6.45, 7) is 4.06. The molecule has 0 radical (unpaired) electrons. The van der Waals surface area contributed by atoms with Crippen LogP contribution in [0.25, 0.3) is 0 Å². The second-order valence-electron chi connectivity index (χ2n) is 5.40. The molecule has 0 spiro atoms. The van der Waals surface area contributed by atoms with Crippen LogP contribution in [0.2, 0.25) is 5.02 Å². The number of likely N-dealkylation sites (N-methyl/N-ethyl adjacent to an activating group) is 1. The van der Waals surface area contributed by atoms with Gasteiger partial charge in [0.15, 0.2) is 0 Å². The van der Waals surface area contributed by atoms with E-state index in [-0.39, 0.29) is 0 Å². The number of carboxylic acids is 2. The summed E-state index contributed by atoms with van der Waals surface area (Å²) in [5.74, 6) is -1.57. The van der Waals surface area contributed by atoms with Gasteiger partial charge in [-0.05, 0) is 44.5 Å². The van der Waals surface area contributed by atoms with Crippen molar-refractivity contribution in [3.8, 4) is 5.75 Å². The van der Waals surface area contributed by atoms with Crippen LogP contribution in [-0.4, -0.2) is 47.2 Å². The minimum Gasteiger partial charge on any atom is -0.478 e. The third kappa shape index (κ3) is 7.41. The lowest BCUT2D eigenvalue weighted by Crippen LogP contribution is -2.20. The summed E-state index contributed by atoms with van der Waals surface area (Å²) >= 11 is 6.28. The molecule has 0 saturated heterocycles. The van der Waals surface area contributed by atoms with Gasteiger partial charge in [0.25, 0.3) is 0 Å². The standard InChI is InChI=1S/C14H18ClNO.C4H4O4/c1-3-10-17-14-5-4-13(15)11-6-8-16(2)9-7-12(11)14;5-3(6)1-2-4(7)8/h3-5,10H,6-9H2,1-2H3;1-2H,(H,5,6)(H,7,8)/b;2-1-. The van der Waals surface area contributed by atoms with Gasteiger partial charge in [-0.1, -0.05) is 17.7 Å². The van der Waals surface area contributed by atoms with Gasteiger partial charge in [0.05, 0.1) is 6.26 Å². The molecule has 7 heteroatoms. The van der Waals surface area contributed by atoms with Crippen molar-refractivity contribution in [1.82, 2.24) is 4.90 Å². The molecule has 0 bridgehead atoms. The minimum atomic E-state index is -1.26. The maximum absolute atomic E-state index is 9.55. The van der Waals surface area contributed by atoms with Crippen LogP contribution in [0.3, 0.4) is 0 Å². The number of nitrogens with zero attached hydrogens (tertiary/aromatic N) is 1. The van der Waals surface area contributed by atoms with Crippen molar-refractivity contribution in [2.75, 3.05) is 20.1 Å². The molecule has 1 aromatic rings. The fourth-order valence-corrected chi connectivity index (χ4v) is 2.57. The second kappa shape index (κ2) is 10.5. The maximum Gasteiger partial charge on any atom is 0.328 e. The first kappa shape index (κ1) is 20.7. The van der Waals surface area contributed by atoms with Crippen LogP contribution < -0.4 is 4.74 Å². The Morgan fingerprint density at radius 1 is 1.12 bits per heavy atom. The van der Waals surface area contributed by atoms with Gasteiger partial charge in [0, 0.05) is 35.8 Å². The molecule has 2 rings (SSSR count). The molecule has 0 unspecified atom stereocenters. The third-order valence-corrected chi connectivity index (χ3v) is 3.87. The van der Waals surface area contributed by atoms with Gasteiger partial charge in [0.1, 0.15) is 5.75 Å². The third-order valence-electron chi connectivity index (χ3n) is 3.52. The van der Waals surface area contributed by atoms with Gasteiger partial charge < -0.3 is 19.8 Å². The number of carbonyl (C=O) groups is 2. The van der Waals surface area contributed by atoms with Crippen molar-refractivity contribution in [2.45, 2.75) is 19.8 Å². The molecule has 25 heavy (non-hydrogen) atoms. The Bertz CT molecular complexity index is 654. The SMILES string of the molecule is CC=COc1ccc(Cl)c2c1CCN(C)CC2.O=C(O)/C=C\C(=O)O. The highest BCUT2D eigenvalue weighted by atomic mass is 35.5. The molecular weight excluding hydrogens is 346 g/mol. The second-order valence-corrected chi connectivity index (χ2v) is 5.81. The lowest BCUT2D eigenvalue weighted by Gasteiger charge is -2.12. The highest BCUT2D eigenvalue weighted by molar-refractivity contribution is 6.31. The first-order valence-electron chi connectivity index (χ1n) is 7.75. The number of carboxylic acid groups (broad SMARTS) is 2. The lowest BCUT2D eigenvalue weighted by atomic mass is 10.0. The summed E-state index contributed by atoms with van der Waals surface area (Å²) in [6.07, 6.45) is 6.73. The summed E-state index contributed by atoms with van der Waals surface area (Å²) in [7, 11) is 2.15. The zero-order valence-corrected chi connectivity index (χ0v) is 15.0. The van der Waals surface area contributed by atoms with Crippen molar-refractivity contribution in [3.05, 3.63) is 52.8 Å². The minimum absolute atomic E-state index is 0.558. The Hall–Kier alpha value is -2.31. The van der Waals surface area contributed by atoms with Crippen LogP contribution in [0, 0.1) is 0 Å². The number of fused-ring (bicyclic) bond motifs is 1. The largest absolute Gasteiger partial charge is 0.478 e. The zero-order valence-electron chi connectivity index (χ0n) is 14.2. The quantitative estimate of drug-likeness (QED) is 0.628. The van der Waals surface area contributed by atoms with E-state index in [4.69, 9.17) is 26.6 Å². The number of ether oxygens (including phenoxy) is 1. The Balaban J connectivity index is 0.000000333. The summed E-state index contributed by atoms with van der Waals surface area (Å²) in [5, 5.41) is 16.5. The molecule has 0 fully saturated rings. The molecular formula is C18H22ClNO5. The molecule has 0 aromatic heterocycles. The fraction of sp³-hybridized carbons (Fsp3) is 0.333. The van der Waals surface area contributed by atoms with Crippen LogP contribution in [0.15, 0.2) is 36.6 Å². The van der Waals surface area contributed by atoms with Crippen LogP contribution >= 0.6 is 11.6 Å². The van der Waals surface area contributed by atoms with E-state index in [2.05, 4.69) is 11.9 Å². The number of aliphatic carboxylic acids is 2. The first-order chi connectivity index (χ1) is 11.8. The molecule has 2 N–H and O–H groups in total. The van der Waals surface area contributed by atoms with Gasteiger partial charge in [-0.15, -0.1) is 0 Å².